The van der Waals surface area contributed by atoms with Crippen molar-refractivity contribution in [2.24, 2.45) is 0 Å². The van der Waals surface area contributed by atoms with Gasteiger partial charge in [0.15, 0.2) is 0 Å². The molecule has 0 aliphatic carbocycles. The molecule has 16 heavy (non-hydrogen) atoms. The zero-order valence-corrected chi connectivity index (χ0v) is 10.0. The Bertz CT molecular complexity index is 425. The maximum atomic E-state index is 10.6. The van der Waals surface area contributed by atoms with E-state index in [0.717, 1.165) is 31.2 Å². The molecule has 90 valence electrons. The lowest BCUT2D eigenvalue weighted by Gasteiger charge is -2.07. The fourth-order valence-corrected chi connectivity index (χ4v) is 1.86. The molecule has 0 aromatic heterocycles. The van der Waals surface area contributed by atoms with Crippen LogP contribution in [0.2, 0.25) is 0 Å². The molecular weight excluding hydrogens is 228 g/mol. The molecule has 1 aromatic carbocycles. The Labute approximate surface area is 96.2 Å². The molecule has 0 amide bonds. The highest BCUT2D eigenvalue weighted by atomic mass is 32.3. The summed E-state index contributed by atoms with van der Waals surface area (Å²) in [5.41, 5.74) is 0.800. The topological polar surface area (TPSA) is 63.6 Å². The van der Waals surface area contributed by atoms with Gasteiger partial charge in [-0.1, -0.05) is 38.0 Å². The minimum Gasteiger partial charge on any atom is -0.362 e. The molecule has 0 unspecified atom stereocenters. The number of hydrogen-bond donors (Lipinski definition) is 1. The highest BCUT2D eigenvalue weighted by molar-refractivity contribution is 7.81. The van der Waals surface area contributed by atoms with Crippen molar-refractivity contribution in [2.75, 3.05) is 0 Å². The second-order valence-electron chi connectivity index (χ2n) is 3.58. The van der Waals surface area contributed by atoms with Gasteiger partial charge in [0.05, 0.1) is 0 Å². The first kappa shape index (κ1) is 13.0. The first-order valence-corrected chi connectivity index (χ1v) is 6.64. The third-order valence-electron chi connectivity index (χ3n) is 2.22. The van der Waals surface area contributed by atoms with Crippen molar-refractivity contribution in [3.05, 3.63) is 29.8 Å². The monoisotopic (exact) mass is 244 g/mol. The number of aryl methyl sites for hydroxylation is 1. The largest absolute Gasteiger partial charge is 0.446 e. The van der Waals surface area contributed by atoms with Gasteiger partial charge in [0.1, 0.15) is 5.75 Å². The molecule has 0 aliphatic heterocycles. The Morgan fingerprint density at radius 3 is 2.56 bits per heavy atom. The van der Waals surface area contributed by atoms with Crippen molar-refractivity contribution in [3.63, 3.8) is 0 Å². The summed E-state index contributed by atoms with van der Waals surface area (Å²) in [7, 11) is -4.43. The maximum Gasteiger partial charge on any atom is 0.446 e. The van der Waals surface area contributed by atoms with Crippen LogP contribution in [0.3, 0.4) is 0 Å². The SMILES string of the molecule is CCCCCc1ccccc1OS(=O)(=O)O. The van der Waals surface area contributed by atoms with Crippen LogP contribution < -0.4 is 4.18 Å². The predicted octanol–water partition coefficient (Wildman–Crippen LogP) is 2.60. The average molecular weight is 244 g/mol. The van der Waals surface area contributed by atoms with Gasteiger partial charge in [-0.3, -0.25) is 4.55 Å². The van der Waals surface area contributed by atoms with Gasteiger partial charge in [0.25, 0.3) is 0 Å². The molecule has 0 fully saturated rings. The van der Waals surface area contributed by atoms with Crippen LogP contribution >= 0.6 is 0 Å². The summed E-state index contributed by atoms with van der Waals surface area (Å²) < 4.78 is 34.3. The van der Waals surface area contributed by atoms with Crippen molar-refractivity contribution in [1.82, 2.24) is 0 Å². The van der Waals surface area contributed by atoms with E-state index in [1.54, 1.807) is 12.1 Å². The quantitative estimate of drug-likeness (QED) is 0.617. The summed E-state index contributed by atoms with van der Waals surface area (Å²) in [6.07, 6.45) is 3.91. The van der Waals surface area contributed by atoms with E-state index in [1.807, 2.05) is 6.07 Å². The zero-order valence-electron chi connectivity index (χ0n) is 9.22. The molecule has 1 N–H and O–H groups in total. The van der Waals surface area contributed by atoms with E-state index in [1.165, 1.54) is 6.07 Å². The summed E-state index contributed by atoms with van der Waals surface area (Å²) in [5.74, 6) is 0.209. The zero-order chi connectivity index (χ0) is 12.0. The molecule has 0 saturated heterocycles. The predicted molar refractivity (Wildman–Crippen MR) is 61.8 cm³/mol. The van der Waals surface area contributed by atoms with E-state index in [0.29, 0.717) is 0 Å². The van der Waals surface area contributed by atoms with Gasteiger partial charge in [0.2, 0.25) is 0 Å². The second-order valence-corrected chi connectivity index (χ2v) is 4.60. The Morgan fingerprint density at radius 1 is 1.25 bits per heavy atom. The second kappa shape index (κ2) is 5.86. The van der Waals surface area contributed by atoms with E-state index < -0.39 is 10.4 Å². The molecule has 0 bridgehead atoms. The lowest BCUT2D eigenvalue weighted by molar-refractivity contribution is 0.385. The van der Waals surface area contributed by atoms with Crippen molar-refractivity contribution >= 4 is 10.4 Å². The van der Waals surface area contributed by atoms with E-state index in [2.05, 4.69) is 11.1 Å². The van der Waals surface area contributed by atoms with Gasteiger partial charge in [-0.2, -0.15) is 8.42 Å². The summed E-state index contributed by atoms with van der Waals surface area (Å²) in [6, 6.07) is 6.83. The molecule has 5 heteroatoms. The Morgan fingerprint density at radius 2 is 1.94 bits per heavy atom. The minimum absolute atomic E-state index is 0.209. The highest BCUT2D eigenvalue weighted by Crippen LogP contribution is 2.21. The van der Waals surface area contributed by atoms with Crippen LogP contribution in [-0.4, -0.2) is 13.0 Å². The molecule has 1 rings (SSSR count). The van der Waals surface area contributed by atoms with E-state index in [4.69, 9.17) is 4.55 Å². The fraction of sp³-hybridized carbons (Fsp3) is 0.455. The molecule has 0 saturated carbocycles. The molecule has 0 radical (unpaired) electrons. The minimum atomic E-state index is -4.43. The molecule has 0 atom stereocenters. The number of rotatable bonds is 6. The van der Waals surface area contributed by atoms with Crippen molar-refractivity contribution in [2.45, 2.75) is 32.6 Å². The smallest absolute Gasteiger partial charge is 0.362 e. The van der Waals surface area contributed by atoms with Gasteiger partial charge in [-0.15, -0.1) is 0 Å². The highest BCUT2D eigenvalue weighted by Gasteiger charge is 2.10. The standard InChI is InChI=1S/C11H16O4S/c1-2-3-4-7-10-8-5-6-9-11(10)15-16(12,13)14/h5-6,8-9H,2-4,7H2,1H3,(H,12,13,14). The normalized spacial score (nSPS) is 11.4. The van der Waals surface area contributed by atoms with E-state index in [9.17, 15) is 8.42 Å². The number of benzene rings is 1. The Hall–Kier alpha value is -1.07. The molecule has 0 aliphatic rings. The van der Waals surface area contributed by atoms with Gasteiger partial charge in [-0.25, -0.2) is 0 Å². The number of para-hydroxylation sites is 1. The van der Waals surface area contributed by atoms with Crippen molar-refractivity contribution in [1.29, 1.82) is 0 Å². The summed E-state index contributed by atoms with van der Waals surface area (Å²) >= 11 is 0. The van der Waals surface area contributed by atoms with Gasteiger partial charge >= 0.3 is 10.4 Å². The first-order chi connectivity index (χ1) is 7.53. The van der Waals surface area contributed by atoms with Gasteiger partial charge in [-0.05, 0) is 24.5 Å². The molecule has 0 heterocycles. The fourth-order valence-electron chi connectivity index (χ4n) is 1.47. The summed E-state index contributed by atoms with van der Waals surface area (Å²) in [4.78, 5) is 0. The van der Waals surface area contributed by atoms with Crippen LogP contribution in [0.4, 0.5) is 0 Å². The summed E-state index contributed by atoms with van der Waals surface area (Å²) in [5, 5.41) is 0. The van der Waals surface area contributed by atoms with Gasteiger partial charge in [0, 0.05) is 0 Å². The van der Waals surface area contributed by atoms with Crippen LogP contribution in [0, 0.1) is 0 Å². The third-order valence-corrected chi connectivity index (χ3v) is 2.61. The Kier molecular flexibility index (Phi) is 4.76. The molecule has 0 spiro atoms. The number of unbranched alkanes of at least 4 members (excludes halogenated alkanes) is 2. The van der Waals surface area contributed by atoms with Gasteiger partial charge < -0.3 is 4.18 Å². The van der Waals surface area contributed by atoms with Crippen LogP contribution in [-0.2, 0) is 16.8 Å². The van der Waals surface area contributed by atoms with Crippen molar-refractivity contribution in [3.8, 4) is 5.75 Å². The third kappa shape index (κ3) is 4.63. The molecule has 1 aromatic rings. The molecule has 4 nitrogen and oxygen atoms in total. The van der Waals surface area contributed by atoms with E-state index in [-0.39, 0.29) is 5.75 Å². The van der Waals surface area contributed by atoms with E-state index >= 15 is 0 Å². The maximum absolute atomic E-state index is 10.6. The van der Waals surface area contributed by atoms with Crippen LogP contribution in [0.5, 0.6) is 5.75 Å². The first-order valence-electron chi connectivity index (χ1n) is 5.27. The number of hydrogen-bond acceptors (Lipinski definition) is 3. The Balaban J connectivity index is 2.75. The lowest BCUT2D eigenvalue weighted by Crippen LogP contribution is -2.08. The summed E-state index contributed by atoms with van der Waals surface area (Å²) in [6.45, 7) is 2.10. The van der Waals surface area contributed by atoms with Crippen LogP contribution in [0.25, 0.3) is 0 Å². The lowest BCUT2D eigenvalue weighted by atomic mass is 10.1. The van der Waals surface area contributed by atoms with Crippen LogP contribution in [0.15, 0.2) is 24.3 Å². The van der Waals surface area contributed by atoms with Crippen LogP contribution in [0.1, 0.15) is 31.7 Å². The average Bonchev–Trinajstić information content (AvgIpc) is 2.19. The molecular formula is C11H16O4S. The van der Waals surface area contributed by atoms with Crippen molar-refractivity contribution < 1.29 is 17.2 Å².